The van der Waals surface area contributed by atoms with E-state index in [1.165, 1.54) is 0 Å². The molecular weight excluding hydrogens is 174 g/mol. The Hall–Kier alpha value is -0.930. The highest BCUT2D eigenvalue weighted by atomic mass is 19.3. The summed E-state index contributed by atoms with van der Waals surface area (Å²) < 4.78 is 25.4. The summed E-state index contributed by atoms with van der Waals surface area (Å²) in [5.41, 5.74) is 1.02. The molecule has 0 aliphatic carbocycles. The lowest BCUT2D eigenvalue weighted by Crippen LogP contribution is -2.13. The van der Waals surface area contributed by atoms with E-state index < -0.39 is 6.55 Å². The first-order valence-corrected chi connectivity index (χ1v) is 4.17. The average molecular weight is 188 g/mol. The summed E-state index contributed by atoms with van der Waals surface area (Å²) in [5.74, 6) is 0. The van der Waals surface area contributed by atoms with Gasteiger partial charge in [-0.05, 0) is 13.0 Å². The molecule has 0 spiro atoms. The van der Waals surface area contributed by atoms with E-state index >= 15 is 0 Å². The molecule has 1 aromatic heterocycles. The fraction of sp³-hybridized carbons (Fsp3) is 0.667. The molecule has 2 nitrogen and oxygen atoms in total. The fourth-order valence-electron chi connectivity index (χ4n) is 1.05. The van der Waals surface area contributed by atoms with Crippen LogP contribution in [0.1, 0.15) is 38.7 Å². The highest BCUT2D eigenvalue weighted by Crippen LogP contribution is 2.23. The Balaban J connectivity index is 3.10. The van der Waals surface area contributed by atoms with Crippen LogP contribution >= 0.6 is 0 Å². The third kappa shape index (κ3) is 2.05. The number of alkyl halides is 2. The first kappa shape index (κ1) is 10.2. The predicted molar refractivity (Wildman–Crippen MR) is 46.9 cm³/mol. The molecular formula is C9H14F2N2. The summed E-state index contributed by atoms with van der Waals surface area (Å²) in [7, 11) is 0. The smallest absolute Gasteiger partial charge is 0.209 e. The molecule has 0 saturated carbocycles. The van der Waals surface area contributed by atoms with Gasteiger partial charge < -0.3 is 0 Å². The first-order chi connectivity index (χ1) is 5.82. The van der Waals surface area contributed by atoms with E-state index in [2.05, 4.69) is 5.10 Å². The molecule has 74 valence electrons. The molecule has 1 heterocycles. The molecule has 0 amide bonds. The molecule has 0 N–H and O–H groups in total. The lowest BCUT2D eigenvalue weighted by molar-refractivity contribution is 0.0536. The van der Waals surface area contributed by atoms with E-state index in [0.717, 1.165) is 4.68 Å². The number of halogens is 2. The number of aromatic nitrogens is 2. The Morgan fingerprint density at radius 1 is 1.38 bits per heavy atom. The number of aryl methyl sites for hydroxylation is 1. The molecule has 0 fully saturated rings. The number of hydrogen-bond acceptors (Lipinski definition) is 1. The summed E-state index contributed by atoms with van der Waals surface area (Å²) in [6.45, 7) is 4.94. The van der Waals surface area contributed by atoms with E-state index in [-0.39, 0.29) is 5.41 Å². The van der Waals surface area contributed by atoms with E-state index in [1.807, 2.05) is 20.8 Å². The quantitative estimate of drug-likeness (QED) is 0.662. The van der Waals surface area contributed by atoms with Crippen LogP contribution in [-0.4, -0.2) is 9.78 Å². The van der Waals surface area contributed by atoms with Crippen molar-refractivity contribution >= 4 is 0 Å². The second-order valence-corrected chi connectivity index (χ2v) is 4.14. The van der Waals surface area contributed by atoms with Gasteiger partial charge in [0.05, 0.1) is 5.69 Å². The molecule has 1 rings (SSSR count). The van der Waals surface area contributed by atoms with E-state index in [0.29, 0.717) is 11.4 Å². The fourth-order valence-corrected chi connectivity index (χ4v) is 1.05. The van der Waals surface area contributed by atoms with E-state index in [9.17, 15) is 8.78 Å². The average Bonchev–Trinajstić information content (AvgIpc) is 2.29. The zero-order valence-electron chi connectivity index (χ0n) is 8.31. The normalized spacial score (nSPS) is 12.5. The van der Waals surface area contributed by atoms with Crippen LogP contribution < -0.4 is 0 Å². The van der Waals surface area contributed by atoms with Crippen molar-refractivity contribution in [2.45, 2.75) is 39.7 Å². The number of rotatable bonds is 1. The Kier molecular flexibility index (Phi) is 2.41. The molecule has 0 unspecified atom stereocenters. The molecule has 0 aliphatic heterocycles. The van der Waals surface area contributed by atoms with E-state index in [1.54, 1.807) is 13.0 Å². The summed E-state index contributed by atoms with van der Waals surface area (Å²) >= 11 is 0. The second-order valence-electron chi connectivity index (χ2n) is 4.14. The van der Waals surface area contributed by atoms with Gasteiger partial charge in [-0.2, -0.15) is 13.9 Å². The highest BCUT2D eigenvalue weighted by molar-refractivity contribution is 5.16. The standard InChI is InChI=1S/C9H14F2N2/c1-6-5-7(9(2,3)4)12-13(6)8(10)11/h5,8H,1-4H3. The molecule has 4 heteroatoms. The van der Waals surface area contributed by atoms with Crippen LogP contribution in [0.2, 0.25) is 0 Å². The minimum Gasteiger partial charge on any atom is -0.209 e. The second kappa shape index (κ2) is 3.09. The molecule has 1 aromatic rings. The van der Waals surface area contributed by atoms with E-state index in [4.69, 9.17) is 0 Å². The summed E-state index contributed by atoms with van der Waals surface area (Å²) in [6.07, 6.45) is 0. The highest BCUT2D eigenvalue weighted by Gasteiger charge is 2.20. The lowest BCUT2D eigenvalue weighted by Gasteiger charge is -2.14. The largest absolute Gasteiger partial charge is 0.333 e. The van der Waals surface area contributed by atoms with Gasteiger partial charge in [-0.1, -0.05) is 20.8 Å². The van der Waals surface area contributed by atoms with Crippen molar-refractivity contribution in [1.82, 2.24) is 9.78 Å². The Labute approximate surface area is 76.6 Å². The third-order valence-electron chi connectivity index (χ3n) is 1.88. The maximum atomic E-state index is 12.3. The molecule has 0 atom stereocenters. The van der Waals surface area contributed by atoms with Crippen molar-refractivity contribution in [2.75, 3.05) is 0 Å². The van der Waals surface area contributed by atoms with Gasteiger partial charge in [-0.25, -0.2) is 4.68 Å². The zero-order chi connectivity index (χ0) is 10.2. The van der Waals surface area contributed by atoms with Gasteiger partial charge in [0.25, 0.3) is 0 Å². The Morgan fingerprint density at radius 2 is 1.92 bits per heavy atom. The molecule has 0 radical (unpaired) electrons. The van der Waals surface area contributed by atoms with Crippen LogP contribution in [-0.2, 0) is 5.41 Å². The van der Waals surface area contributed by atoms with Gasteiger partial charge in [0.1, 0.15) is 0 Å². The molecule has 0 aromatic carbocycles. The molecule has 0 aliphatic rings. The Bertz CT molecular complexity index is 297. The van der Waals surface area contributed by atoms with Crippen molar-refractivity contribution in [2.24, 2.45) is 0 Å². The lowest BCUT2D eigenvalue weighted by atomic mass is 9.92. The van der Waals surface area contributed by atoms with Crippen molar-refractivity contribution in [3.05, 3.63) is 17.5 Å². The van der Waals surface area contributed by atoms with Crippen molar-refractivity contribution in [3.8, 4) is 0 Å². The maximum Gasteiger partial charge on any atom is 0.333 e. The topological polar surface area (TPSA) is 17.8 Å². The monoisotopic (exact) mass is 188 g/mol. The van der Waals surface area contributed by atoms with Crippen LogP contribution in [0.25, 0.3) is 0 Å². The van der Waals surface area contributed by atoms with Crippen molar-refractivity contribution in [1.29, 1.82) is 0 Å². The predicted octanol–water partition coefficient (Wildman–Crippen LogP) is 2.88. The van der Waals surface area contributed by atoms with Gasteiger partial charge in [0, 0.05) is 11.1 Å². The van der Waals surface area contributed by atoms with Crippen molar-refractivity contribution in [3.63, 3.8) is 0 Å². The van der Waals surface area contributed by atoms with Crippen LogP contribution in [0.3, 0.4) is 0 Å². The molecule has 0 bridgehead atoms. The summed E-state index contributed by atoms with van der Waals surface area (Å²) in [5, 5.41) is 3.85. The minimum absolute atomic E-state index is 0.176. The van der Waals surface area contributed by atoms with Crippen LogP contribution in [0.4, 0.5) is 8.78 Å². The maximum absolute atomic E-state index is 12.3. The molecule has 13 heavy (non-hydrogen) atoms. The first-order valence-electron chi connectivity index (χ1n) is 4.17. The third-order valence-corrected chi connectivity index (χ3v) is 1.88. The zero-order valence-corrected chi connectivity index (χ0v) is 8.31. The van der Waals surface area contributed by atoms with Crippen LogP contribution in [0.15, 0.2) is 6.07 Å². The van der Waals surface area contributed by atoms with Gasteiger partial charge in [-0.3, -0.25) is 0 Å². The number of hydrogen-bond donors (Lipinski definition) is 0. The summed E-state index contributed by atoms with van der Waals surface area (Å²) in [4.78, 5) is 0. The van der Waals surface area contributed by atoms with Crippen LogP contribution in [0.5, 0.6) is 0 Å². The summed E-state index contributed by atoms with van der Waals surface area (Å²) in [6, 6.07) is 1.70. The van der Waals surface area contributed by atoms with Gasteiger partial charge in [0.15, 0.2) is 0 Å². The van der Waals surface area contributed by atoms with Gasteiger partial charge in [-0.15, -0.1) is 0 Å². The SMILES string of the molecule is Cc1cc(C(C)(C)C)nn1C(F)F. The minimum atomic E-state index is -2.55. The molecule has 0 saturated heterocycles. The number of nitrogens with zero attached hydrogens (tertiary/aromatic N) is 2. The Morgan fingerprint density at radius 3 is 2.15 bits per heavy atom. The van der Waals surface area contributed by atoms with Gasteiger partial charge in [0.2, 0.25) is 0 Å². The van der Waals surface area contributed by atoms with Crippen LogP contribution in [0, 0.1) is 6.92 Å². The van der Waals surface area contributed by atoms with Crippen molar-refractivity contribution < 1.29 is 8.78 Å². The van der Waals surface area contributed by atoms with Gasteiger partial charge >= 0.3 is 6.55 Å².